The molecule has 0 fully saturated rings. The summed E-state index contributed by atoms with van der Waals surface area (Å²) in [7, 11) is 0. The van der Waals surface area contributed by atoms with Crippen LogP contribution in [0, 0.1) is 25.2 Å². The second kappa shape index (κ2) is 6.19. The van der Waals surface area contributed by atoms with Crippen molar-refractivity contribution >= 4 is 23.4 Å². The molecule has 4 heteroatoms. The first kappa shape index (κ1) is 12.6. The van der Waals surface area contributed by atoms with Crippen molar-refractivity contribution in [2.75, 3.05) is 16.8 Å². The van der Waals surface area contributed by atoms with Gasteiger partial charge in [0.15, 0.2) is 0 Å². The maximum atomic E-state index is 11.6. The fraction of sp³-hybridized carbons (Fsp3) is 0.333. The lowest BCUT2D eigenvalue weighted by Crippen LogP contribution is -2.15. The van der Waals surface area contributed by atoms with Crippen LogP contribution in [-0.4, -0.2) is 17.4 Å². The number of carbonyl (C=O) groups excluding carboxylic acids is 1. The van der Waals surface area contributed by atoms with Crippen LogP contribution in [0.5, 0.6) is 0 Å². The normalized spacial score (nSPS) is 9.56. The van der Waals surface area contributed by atoms with E-state index in [2.05, 4.69) is 5.32 Å². The van der Waals surface area contributed by atoms with E-state index in [1.165, 1.54) is 11.8 Å². The van der Waals surface area contributed by atoms with Crippen LogP contribution in [0.1, 0.15) is 11.1 Å². The number of amides is 1. The van der Waals surface area contributed by atoms with Crippen molar-refractivity contribution in [3.05, 3.63) is 29.3 Å². The average Bonchev–Trinajstić information content (AvgIpc) is 2.24. The molecular weight excluding hydrogens is 220 g/mol. The van der Waals surface area contributed by atoms with Crippen molar-refractivity contribution in [3.63, 3.8) is 0 Å². The molecule has 0 aromatic heterocycles. The van der Waals surface area contributed by atoms with Crippen LogP contribution in [0.2, 0.25) is 0 Å². The molecular formula is C12H14N2OS. The van der Waals surface area contributed by atoms with E-state index in [1.54, 1.807) is 0 Å². The van der Waals surface area contributed by atoms with Crippen LogP contribution in [0.25, 0.3) is 0 Å². The van der Waals surface area contributed by atoms with E-state index in [1.807, 2.05) is 38.1 Å². The molecule has 1 rings (SSSR count). The van der Waals surface area contributed by atoms with E-state index >= 15 is 0 Å². The highest BCUT2D eigenvalue weighted by atomic mass is 32.2. The van der Waals surface area contributed by atoms with Gasteiger partial charge < -0.3 is 5.32 Å². The number of rotatable bonds is 4. The lowest BCUT2D eigenvalue weighted by Gasteiger charge is -2.10. The lowest BCUT2D eigenvalue weighted by molar-refractivity contribution is -0.113. The second-order valence-corrected chi connectivity index (χ2v) is 4.45. The summed E-state index contributed by atoms with van der Waals surface area (Å²) in [5, 5.41) is 11.2. The first-order valence-electron chi connectivity index (χ1n) is 4.96. The first-order chi connectivity index (χ1) is 7.65. The number of nitrogens with one attached hydrogen (secondary N) is 1. The highest BCUT2D eigenvalue weighted by Crippen LogP contribution is 2.19. The third-order valence-corrected chi connectivity index (χ3v) is 2.94. The fourth-order valence-corrected chi connectivity index (χ4v) is 1.83. The minimum atomic E-state index is -0.0577. The highest BCUT2D eigenvalue weighted by molar-refractivity contribution is 8.00. The zero-order valence-electron chi connectivity index (χ0n) is 9.41. The van der Waals surface area contributed by atoms with Crippen LogP contribution >= 0.6 is 11.8 Å². The van der Waals surface area contributed by atoms with Gasteiger partial charge in [-0.05, 0) is 25.0 Å². The Balaban J connectivity index is 2.60. The van der Waals surface area contributed by atoms with Gasteiger partial charge in [0, 0.05) is 5.69 Å². The lowest BCUT2D eigenvalue weighted by atomic mass is 10.1. The number of thioether (sulfide) groups is 1. The topological polar surface area (TPSA) is 52.9 Å². The molecule has 0 heterocycles. The van der Waals surface area contributed by atoms with Crippen LogP contribution in [0.3, 0.4) is 0 Å². The molecule has 16 heavy (non-hydrogen) atoms. The maximum absolute atomic E-state index is 11.6. The van der Waals surface area contributed by atoms with Gasteiger partial charge in [0.05, 0.1) is 17.6 Å². The SMILES string of the molecule is Cc1cccc(C)c1NC(=O)CSCC#N. The Bertz CT molecular complexity index is 403. The average molecular weight is 234 g/mol. The van der Waals surface area contributed by atoms with Crippen LogP contribution < -0.4 is 5.32 Å². The molecule has 1 aromatic carbocycles. The van der Waals surface area contributed by atoms with Gasteiger partial charge >= 0.3 is 0 Å². The zero-order valence-corrected chi connectivity index (χ0v) is 10.2. The Hall–Kier alpha value is -1.47. The molecule has 1 aromatic rings. The molecule has 1 amide bonds. The van der Waals surface area contributed by atoms with Crippen LogP contribution in [-0.2, 0) is 4.79 Å². The number of anilines is 1. The van der Waals surface area contributed by atoms with Gasteiger partial charge in [0.2, 0.25) is 5.91 Å². The highest BCUT2D eigenvalue weighted by Gasteiger charge is 2.06. The number of aryl methyl sites for hydroxylation is 2. The van der Waals surface area contributed by atoms with E-state index < -0.39 is 0 Å². The van der Waals surface area contributed by atoms with Crippen molar-refractivity contribution in [1.29, 1.82) is 5.26 Å². The summed E-state index contributed by atoms with van der Waals surface area (Å²) >= 11 is 1.32. The molecule has 0 spiro atoms. The van der Waals surface area contributed by atoms with Gasteiger partial charge in [-0.2, -0.15) is 5.26 Å². The minimum absolute atomic E-state index is 0.0577. The fourth-order valence-electron chi connectivity index (χ4n) is 1.38. The van der Waals surface area contributed by atoms with Gasteiger partial charge in [0.25, 0.3) is 0 Å². The van der Waals surface area contributed by atoms with Crippen LogP contribution in [0.4, 0.5) is 5.69 Å². The van der Waals surface area contributed by atoms with E-state index in [0.717, 1.165) is 16.8 Å². The van der Waals surface area contributed by atoms with E-state index in [4.69, 9.17) is 5.26 Å². The Labute approximate surface area is 99.8 Å². The molecule has 3 nitrogen and oxygen atoms in total. The Morgan fingerprint density at radius 3 is 2.62 bits per heavy atom. The first-order valence-corrected chi connectivity index (χ1v) is 6.11. The molecule has 0 saturated carbocycles. The Morgan fingerprint density at radius 1 is 1.44 bits per heavy atom. The largest absolute Gasteiger partial charge is 0.325 e. The summed E-state index contributed by atoms with van der Waals surface area (Å²) in [6.07, 6.45) is 0. The number of carbonyl (C=O) groups is 1. The van der Waals surface area contributed by atoms with E-state index in [-0.39, 0.29) is 5.91 Å². The van der Waals surface area contributed by atoms with Crippen molar-refractivity contribution in [2.45, 2.75) is 13.8 Å². The van der Waals surface area contributed by atoms with E-state index in [9.17, 15) is 4.79 Å². The summed E-state index contributed by atoms with van der Waals surface area (Å²) in [5.41, 5.74) is 2.99. The number of nitriles is 1. The summed E-state index contributed by atoms with van der Waals surface area (Å²) in [4.78, 5) is 11.6. The predicted molar refractivity (Wildman–Crippen MR) is 67.5 cm³/mol. The van der Waals surface area contributed by atoms with Gasteiger partial charge in [0.1, 0.15) is 0 Å². The predicted octanol–water partition coefficient (Wildman–Crippen LogP) is 2.50. The monoisotopic (exact) mass is 234 g/mol. The van der Waals surface area contributed by atoms with Crippen LogP contribution in [0.15, 0.2) is 18.2 Å². The summed E-state index contributed by atoms with van der Waals surface area (Å²) in [6, 6.07) is 7.88. The standard InChI is InChI=1S/C12H14N2OS/c1-9-4-3-5-10(2)12(9)14-11(15)8-16-7-6-13/h3-5H,7-8H2,1-2H3,(H,14,15). The summed E-state index contributed by atoms with van der Waals surface area (Å²) in [5.74, 6) is 0.610. The van der Waals surface area contributed by atoms with Gasteiger partial charge in [-0.3, -0.25) is 4.79 Å². The molecule has 0 aliphatic heterocycles. The Kier molecular flexibility index (Phi) is 4.87. The summed E-state index contributed by atoms with van der Waals surface area (Å²) in [6.45, 7) is 3.93. The molecule has 0 aliphatic carbocycles. The second-order valence-electron chi connectivity index (χ2n) is 3.47. The third kappa shape index (κ3) is 3.59. The smallest absolute Gasteiger partial charge is 0.234 e. The quantitative estimate of drug-likeness (QED) is 0.814. The number of hydrogen-bond donors (Lipinski definition) is 1. The van der Waals surface area contributed by atoms with Crippen molar-refractivity contribution in [1.82, 2.24) is 0 Å². The maximum Gasteiger partial charge on any atom is 0.234 e. The molecule has 0 atom stereocenters. The number of benzene rings is 1. The zero-order chi connectivity index (χ0) is 12.0. The van der Waals surface area contributed by atoms with Crippen molar-refractivity contribution in [2.24, 2.45) is 0 Å². The van der Waals surface area contributed by atoms with Crippen molar-refractivity contribution < 1.29 is 4.79 Å². The minimum Gasteiger partial charge on any atom is -0.325 e. The molecule has 1 N–H and O–H groups in total. The number of para-hydroxylation sites is 1. The van der Waals surface area contributed by atoms with Gasteiger partial charge in [-0.1, -0.05) is 18.2 Å². The number of nitrogens with zero attached hydrogens (tertiary/aromatic N) is 1. The van der Waals surface area contributed by atoms with Gasteiger partial charge in [-0.25, -0.2) is 0 Å². The van der Waals surface area contributed by atoms with Crippen molar-refractivity contribution in [3.8, 4) is 6.07 Å². The molecule has 0 aliphatic rings. The third-order valence-electron chi connectivity index (χ3n) is 2.15. The van der Waals surface area contributed by atoms with E-state index in [0.29, 0.717) is 11.5 Å². The molecule has 0 saturated heterocycles. The molecule has 0 bridgehead atoms. The molecule has 84 valence electrons. The summed E-state index contributed by atoms with van der Waals surface area (Å²) < 4.78 is 0. The number of hydrogen-bond acceptors (Lipinski definition) is 3. The van der Waals surface area contributed by atoms with Gasteiger partial charge in [-0.15, -0.1) is 11.8 Å². The Morgan fingerprint density at radius 2 is 2.06 bits per heavy atom. The molecule has 0 unspecified atom stereocenters. The molecule has 0 radical (unpaired) electrons.